The van der Waals surface area contributed by atoms with E-state index >= 15 is 4.11 Å². The third kappa shape index (κ3) is 3.98. The molecule has 2 amide bonds. The second kappa shape index (κ2) is 9.37. The summed E-state index contributed by atoms with van der Waals surface area (Å²) >= 11 is 0. The number of amides is 2. The van der Waals surface area contributed by atoms with E-state index in [2.05, 4.69) is 5.32 Å². The van der Waals surface area contributed by atoms with Gasteiger partial charge in [0, 0.05) is 42.4 Å². The van der Waals surface area contributed by atoms with Crippen LogP contribution in [0, 0.1) is 5.92 Å². The Morgan fingerprint density at radius 1 is 1.19 bits per heavy atom. The van der Waals surface area contributed by atoms with Gasteiger partial charge in [-0.05, 0) is 43.3 Å². The van der Waals surface area contributed by atoms with Gasteiger partial charge in [-0.25, -0.2) is 0 Å². The molecule has 3 aliphatic rings. The molecule has 0 saturated carbocycles. The van der Waals surface area contributed by atoms with E-state index in [1.165, 1.54) is 0 Å². The Morgan fingerprint density at radius 3 is 2.61 bits per heavy atom. The fourth-order valence-corrected chi connectivity index (χ4v) is 8.95. The van der Waals surface area contributed by atoms with Gasteiger partial charge in [-0.3, -0.25) is 9.59 Å². The zero-order valence-corrected chi connectivity index (χ0v) is 22.0. The number of anilines is 2. The van der Waals surface area contributed by atoms with Crippen molar-refractivity contribution >= 4 is 31.6 Å². The molecule has 5 rings (SSSR count). The van der Waals surface area contributed by atoms with Crippen LogP contribution in [0.5, 0.6) is 0 Å². The lowest BCUT2D eigenvalue weighted by Gasteiger charge is -2.32. The summed E-state index contributed by atoms with van der Waals surface area (Å²) in [6, 6.07) is 15.4. The molecule has 3 heterocycles. The number of fused-ring (bicyclic) bond motifs is 2. The monoisotopic (exact) mass is 511 g/mol. The topological polar surface area (TPSA) is 82.1 Å². The number of hydrogen-bond donors (Lipinski definition) is 2. The van der Waals surface area contributed by atoms with Crippen LogP contribution in [-0.4, -0.2) is 57.7 Å². The predicted octanol–water partition coefficient (Wildman–Crippen LogP) is 3.33. The summed E-state index contributed by atoms with van der Waals surface area (Å²) in [5.41, 5.74) is 1.28. The average molecular weight is 512 g/mol. The average Bonchev–Trinajstić information content (AvgIpc) is 3.27. The Morgan fingerprint density at radius 2 is 1.94 bits per heavy atom. The molecule has 0 bridgehead atoms. The van der Waals surface area contributed by atoms with E-state index in [4.69, 9.17) is 4.74 Å². The number of ether oxygens (including phenoxy) is 1. The summed E-state index contributed by atoms with van der Waals surface area (Å²) in [5.74, 6) is -0.669. The smallest absolute Gasteiger partial charge is 0.264 e. The van der Waals surface area contributed by atoms with E-state index in [-0.39, 0.29) is 31.4 Å². The van der Waals surface area contributed by atoms with Crippen molar-refractivity contribution in [3.05, 3.63) is 59.7 Å². The standard InChI is InChI=1S/C27H34FN3O4Si/c1-18-25(36(2,3)28)23(11-14-32)35-27(18)21-15-20(30-13-12-29-16-24(30)33)9-10-22(21)31(26(27)34)17-19-7-5-4-6-8-19/h4-10,15,18,23,25,29,32H,11-14,16-17H2,1-3H3/t18-,23+,25-,27+/m1/s1. The summed E-state index contributed by atoms with van der Waals surface area (Å²) in [6.07, 6.45) is -0.288. The molecule has 2 aromatic carbocycles. The van der Waals surface area contributed by atoms with Gasteiger partial charge >= 0.3 is 0 Å². The normalized spacial score (nSPS) is 28.3. The van der Waals surface area contributed by atoms with Crippen LogP contribution >= 0.6 is 0 Å². The van der Waals surface area contributed by atoms with E-state index in [9.17, 15) is 14.7 Å². The number of benzene rings is 2. The largest absolute Gasteiger partial charge is 0.396 e. The van der Waals surface area contributed by atoms with Crippen LogP contribution in [0.3, 0.4) is 0 Å². The Hall–Kier alpha value is -2.59. The van der Waals surface area contributed by atoms with Gasteiger partial charge in [0.05, 0.1) is 24.9 Å². The van der Waals surface area contributed by atoms with Crippen molar-refractivity contribution in [3.8, 4) is 0 Å². The zero-order chi connectivity index (χ0) is 25.7. The first-order chi connectivity index (χ1) is 17.2. The summed E-state index contributed by atoms with van der Waals surface area (Å²) < 4.78 is 22.3. The SMILES string of the molecule is C[C@@H]1[C@@H]([Si](C)(C)F)[C@H](CCO)O[C@@]12C(=O)N(Cc1ccccc1)c1ccc(N3CCNCC3=O)cc12. The number of aliphatic hydroxyl groups excluding tert-OH is 1. The molecular formula is C27H34FN3O4Si. The molecule has 192 valence electrons. The molecule has 0 aliphatic carbocycles. The first-order valence-corrected chi connectivity index (χ1v) is 15.6. The Labute approximate surface area is 212 Å². The fraction of sp³-hybridized carbons (Fsp3) is 0.481. The molecule has 2 saturated heterocycles. The number of halogens is 1. The van der Waals surface area contributed by atoms with Crippen molar-refractivity contribution in [2.45, 2.75) is 50.2 Å². The van der Waals surface area contributed by atoms with Crippen LogP contribution in [-0.2, 0) is 26.5 Å². The highest BCUT2D eigenvalue weighted by Gasteiger charge is 2.66. The van der Waals surface area contributed by atoms with Crippen LogP contribution in [0.25, 0.3) is 0 Å². The lowest BCUT2D eigenvalue weighted by molar-refractivity contribution is -0.146. The molecule has 2 aromatic rings. The number of carbonyl (C=O) groups excluding carboxylic acids is 2. The summed E-state index contributed by atoms with van der Waals surface area (Å²) in [7, 11) is -3.26. The molecule has 36 heavy (non-hydrogen) atoms. The van der Waals surface area contributed by atoms with Crippen molar-refractivity contribution < 1.29 is 23.5 Å². The Kier molecular flexibility index (Phi) is 6.53. The molecule has 0 radical (unpaired) electrons. The van der Waals surface area contributed by atoms with Gasteiger partial charge in [0.2, 0.25) is 14.3 Å². The first kappa shape index (κ1) is 25.1. The molecule has 0 aromatic heterocycles. The van der Waals surface area contributed by atoms with E-state index in [1.54, 1.807) is 22.9 Å². The number of carbonyl (C=O) groups is 2. The van der Waals surface area contributed by atoms with Crippen LogP contribution in [0.15, 0.2) is 48.5 Å². The van der Waals surface area contributed by atoms with E-state index in [1.807, 2.05) is 55.5 Å². The maximum Gasteiger partial charge on any atom is 0.264 e. The maximum absolute atomic E-state index is 15.7. The highest BCUT2D eigenvalue weighted by atomic mass is 28.4. The number of hydrogen-bond acceptors (Lipinski definition) is 5. The highest BCUT2D eigenvalue weighted by Crippen LogP contribution is 2.60. The van der Waals surface area contributed by atoms with Crippen LogP contribution in [0.1, 0.15) is 24.5 Å². The van der Waals surface area contributed by atoms with Gasteiger partial charge < -0.3 is 29.1 Å². The van der Waals surface area contributed by atoms with E-state index in [0.717, 1.165) is 11.3 Å². The van der Waals surface area contributed by atoms with Gasteiger partial charge in [-0.1, -0.05) is 37.3 Å². The molecular weight excluding hydrogens is 477 g/mol. The Balaban J connectivity index is 1.64. The molecule has 9 heteroatoms. The highest BCUT2D eigenvalue weighted by molar-refractivity contribution is 6.72. The van der Waals surface area contributed by atoms with Crippen molar-refractivity contribution in [1.29, 1.82) is 0 Å². The minimum atomic E-state index is -3.26. The first-order valence-electron chi connectivity index (χ1n) is 12.7. The number of nitrogens with one attached hydrogen (secondary N) is 1. The summed E-state index contributed by atoms with van der Waals surface area (Å²) in [6.45, 7) is 6.91. The second-order valence-corrected chi connectivity index (χ2v) is 14.4. The van der Waals surface area contributed by atoms with E-state index in [0.29, 0.717) is 30.9 Å². The lowest BCUT2D eigenvalue weighted by atomic mass is 9.82. The zero-order valence-electron chi connectivity index (χ0n) is 21.0. The van der Waals surface area contributed by atoms with Gasteiger partial charge in [0.25, 0.3) is 5.91 Å². The lowest BCUT2D eigenvalue weighted by Crippen LogP contribution is -2.48. The van der Waals surface area contributed by atoms with Gasteiger partial charge in [-0.15, -0.1) is 0 Å². The molecule has 3 aliphatic heterocycles. The van der Waals surface area contributed by atoms with Crippen LogP contribution < -0.4 is 15.1 Å². The fourth-order valence-electron chi connectivity index (χ4n) is 6.40. The quantitative estimate of drug-likeness (QED) is 0.459. The summed E-state index contributed by atoms with van der Waals surface area (Å²) in [4.78, 5) is 30.4. The van der Waals surface area contributed by atoms with Crippen LogP contribution in [0.2, 0.25) is 18.6 Å². The van der Waals surface area contributed by atoms with Crippen molar-refractivity contribution in [2.24, 2.45) is 5.92 Å². The van der Waals surface area contributed by atoms with Crippen molar-refractivity contribution in [2.75, 3.05) is 36.0 Å². The van der Waals surface area contributed by atoms with Crippen molar-refractivity contribution in [3.63, 3.8) is 0 Å². The number of piperazine rings is 1. The minimum absolute atomic E-state index is 0.0329. The van der Waals surface area contributed by atoms with Gasteiger partial charge in [-0.2, -0.15) is 0 Å². The third-order valence-corrected chi connectivity index (χ3v) is 10.4. The molecule has 4 atom stereocenters. The third-order valence-electron chi connectivity index (χ3n) is 7.94. The minimum Gasteiger partial charge on any atom is -0.396 e. The number of rotatable bonds is 6. The maximum atomic E-state index is 15.7. The second-order valence-electron chi connectivity index (χ2n) is 10.6. The molecule has 1 spiro atoms. The number of aliphatic hydroxyl groups is 1. The summed E-state index contributed by atoms with van der Waals surface area (Å²) in [5, 5.41) is 12.8. The van der Waals surface area contributed by atoms with Crippen LogP contribution in [0.4, 0.5) is 15.5 Å². The molecule has 2 fully saturated rings. The van der Waals surface area contributed by atoms with Crippen molar-refractivity contribution in [1.82, 2.24) is 5.32 Å². The molecule has 0 unspecified atom stereocenters. The molecule has 7 nitrogen and oxygen atoms in total. The Bertz CT molecular complexity index is 1160. The van der Waals surface area contributed by atoms with Gasteiger partial charge in [0.1, 0.15) is 0 Å². The molecule has 2 N–H and O–H groups in total. The predicted molar refractivity (Wildman–Crippen MR) is 139 cm³/mol. The number of nitrogens with zero attached hydrogens (tertiary/aromatic N) is 2. The van der Waals surface area contributed by atoms with E-state index < -0.39 is 31.6 Å². The van der Waals surface area contributed by atoms with Gasteiger partial charge in [0.15, 0.2) is 5.60 Å².